The molecule has 0 aliphatic heterocycles. The van der Waals surface area contributed by atoms with E-state index in [1.807, 2.05) is 24.3 Å². The van der Waals surface area contributed by atoms with Gasteiger partial charge in [0.15, 0.2) is 0 Å². The molecular weight excluding hydrogens is 314 g/mol. The Morgan fingerprint density at radius 1 is 1.30 bits per heavy atom. The third kappa shape index (κ3) is 3.02. The van der Waals surface area contributed by atoms with Crippen LogP contribution in [0.15, 0.2) is 42.6 Å². The lowest BCUT2D eigenvalue weighted by molar-refractivity contribution is -0.113. The number of nitrogens with two attached hydrogens (primary N) is 1. The van der Waals surface area contributed by atoms with Crippen molar-refractivity contribution < 1.29 is 9.53 Å². The maximum atomic E-state index is 11.0. The fourth-order valence-corrected chi connectivity index (χ4v) is 2.43. The Morgan fingerprint density at radius 2 is 2.13 bits per heavy atom. The van der Waals surface area contributed by atoms with Crippen LogP contribution in [-0.4, -0.2) is 33.0 Å². The Bertz CT molecular complexity index is 902. The minimum Gasteiger partial charge on any atom is -0.480 e. The van der Waals surface area contributed by atoms with E-state index in [1.165, 1.54) is 10.8 Å². The van der Waals surface area contributed by atoms with Crippen LogP contribution >= 0.6 is 12.6 Å². The number of methoxy groups -OCH3 is 1. The van der Waals surface area contributed by atoms with Gasteiger partial charge in [-0.1, -0.05) is 6.07 Å². The van der Waals surface area contributed by atoms with Crippen molar-refractivity contribution in [2.24, 2.45) is 5.73 Å². The number of nitrogens with zero attached hydrogens (tertiary/aromatic N) is 4. The highest BCUT2D eigenvalue weighted by molar-refractivity contribution is 7.90. The summed E-state index contributed by atoms with van der Waals surface area (Å²) in [5.74, 6) is -0.122. The van der Waals surface area contributed by atoms with E-state index in [-0.39, 0.29) is 0 Å². The van der Waals surface area contributed by atoms with Gasteiger partial charge in [-0.2, -0.15) is 5.10 Å². The van der Waals surface area contributed by atoms with Gasteiger partial charge in [-0.15, -0.1) is 22.8 Å². The second-order valence-corrected chi connectivity index (χ2v) is 5.15. The number of primary amides is 1. The van der Waals surface area contributed by atoms with Gasteiger partial charge in [0.25, 0.3) is 0 Å². The molecule has 8 heteroatoms. The fraction of sp³-hybridized carbons (Fsp3) is 0.0667. The minimum atomic E-state index is -0.580. The van der Waals surface area contributed by atoms with E-state index in [9.17, 15) is 4.79 Å². The first-order valence-corrected chi connectivity index (χ1v) is 7.09. The van der Waals surface area contributed by atoms with E-state index < -0.39 is 5.91 Å². The van der Waals surface area contributed by atoms with Gasteiger partial charge in [-0.05, 0) is 18.2 Å². The molecule has 3 rings (SSSR count). The zero-order chi connectivity index (χ0) is 16.4. The van der Waals surface area contributed by atoms with Crippen molar-refractivity contribution in [2.75, 3.05) is 7.11 Å². The Morgan fingerprint density at radius 3 is 2.78 bits per heavy atom. The van der Waals surface area contributed by atoms with E-state index in [4.69, 9.17) is 10.5 Å². The van der Waals surface area contributed by atoms with Gasteiger partial charge in [-0.3, -0.25) is 4.79 Å². The predicted octanol–water partition coefficient (Wildman–Crippen LogP) is 1.72. The number of carbonyl (C=O) groups is 1. The monoisotopic (exact) mass is 327 g/mol. The van der Waals surface area contributed by atoms with E-state index in [2.05, 4.69) is 27.9 Å². The number of thiol groups is 1. The number of rotatable bonds is 4. The van der Waals surface area contributed by atoms with Crippen LogP contribution in [0.4, 0.5) is 0 Å². The third-order valence-electron chi connectivity index (χ3n) is 3.20. The molecule has 3 aromatic rings. The smallest absolute Gasteiger partial charge is 0.244 e. The summed E-state index contributed by atoms with van der Waals surface area (Å²) in [5, 5.41) is 13.5. The highest BCUT2D eigenvalue weighted by Crippen LogP contribution is 2.25. The molecule has 0 aliphatic carbocycles. The normalized spacial score (nSPS) is 11.7. The number of amides is 1. The van der Waals surface area contributed by atoms with Crippen LogP contribution in [0.5, 0.6) is 5.88 Å². The van der Waals surface area contributed by atoms with Crippen molar-refractivity contribution in [3.8, 4) is 17.1 Å². The van der Waals surface area contributed by atoms with Gasteiger partial charge >= 0.3 is 0 Å². The lowest BCUT2D eigenvalue weighted by Crippen LogP contribution is -2.08. The number of aromatic nitrogens is 4. The summed E-state index contributed by atoms with van der Waals surface area (Å²) in [7, 11) is 1.54. The third-order valence-corrected chi connectivity index (χ3v) is 3.52. The number of hydrogen-bond acceptors (Lipinski definition) is 6. The van der Waals surface area contributed by atoms with Crippen molar-refractivity contribution in [1.29, 1.82) is 0 Å². The Hall–Kier alpha value is -2.87. The van der Waals surface area contributed by atoms with Crippen LogP contribution in [0.25, 0.3) is 27.2 Å². The molecule has 0 radical (unpaired) electrons. The molecule has 1 aromatic carbocycles. The molecule has 7 nitrogen and oxygen atoms in total. The van der Waals surface area contributed by atoms with Crippen LogP contribution < -0.4 is 10.5 Å². The molecule has 2 aromatic heterocycles. The Kier molecular flexibility index (Phi) is 3.98. The van der Waals surface area contributed by atoms with Gasteiger partial charge in [0.2, 0.25) is 11.8 Å². The SMILES string of the molecule is COc1ccc(-c2ccc3c(cnn3/C(S)=C/C(N)=O)c2)nn1. The van der Waals surface area contributed by atoms with Crippen LogP contribution in [-0.2, 0) is 4.79 Å². The number of benzene rings is 1. The van der Waals surface area contributed by atoms with Gasteiger partial charge in [0.1, 0.15) is 5.03 Å². The first kappa shape index (κ1) is 15.0. The largest absolute Gasteiger partial charge is 0.480 e. The molecule has 0 saturated carbocycles. The first-order chi connectivity index (χ1) is 11.1. The highest BCUT2D eigenvalue weighted by Gasteiger charge is 2.08. The molecular formula is C15H13N5O2S. The molecule has 0 spiro atoms. The molecule has 0 aliphatic rings. The van der Waals surface area contributed by atoms with Crippen LogP contribution in [0, 0.1) is 0 Å². The molecule has 0 unspecified atom stereocenters. The quantitative estimate of drug-likeness (QED) is 0.562. The number of hydrogen-bond donors (Lipinski definition) is 2. The van der Waals surface area contributed by atoms with E-state index in [0.29, 0.717) is 10.9 Å². The summed E-state index contributed by atoms with van der Waals surface area (Å²) < 4.78 is 6.53. The summed E-state index contributed by atoms with van der Waals surface area (Å²) in [5.41, 5.74) is 7.56. The second-order valence-electron chi connectivity index (χ2n) is 4.70. The summed E-state index contributed by atoms with van der Waals surface area (Å²) in [6.45, 7) is 0. The average Bonchev–Trinajstić information content (AvgIpc) is 2.97. The van der Waals surface area contributed by atoms with Crippen molar-refractivity contribution in [3.63, 3.8) is 0 Å². The summed E-state index contributed by atoms with van der Waals surface area (Å²) in [4.78, 5) is 11.0. The highest BCUT2D eigenvalue weighted by atomic mass is 32.1. The first-order valence-electron chi connectivity index (χ1n) is 6.65. The fourth-order valence-electron chi connectivity index (χ4n) is 2.15. The summed E-state index contributed by atoms with van der Waals surface area (Å²) >= 11 is 4.24. The van der Waals surface area contributed by atoms with E-state index in [0.717, 1.165) is 22.2 Å². The van der Waals surface area contributed by atoms with E-state index >= 15 is 0 Å². The maximum absolute atomic E-state index is 11.0. The summed E-state index contributed by atoms with van der Waals surface area (Å²) in [6, 6.07) is 9.27. The predicted molar refractivity (Wildman–Crippen MR) is 89.8 cm³/mol. The summed E-state index contributed by atoms with van der Waals surface area (Å²) in [6.07, 6.45) is 2.89. The lowest BCUT2D eigenvalue weighted by atomic mass is 10.1. The van der Waals surface area contributed by atoms with Gasteiger partial charge in [-0.25, -0.2) is 4.68 Å². The average molecular weight is 327 g/mol. The molecule has 2 N–H and O–H groups in total. The molecule has 1 amide bonds. The Balaban J connectivity index is 2.02. The maximum Gasteiger partial charge on any atom is 0.244 e. The Labute approximate surface area is 137 Å². The van der Waals surface area contributed by atoms with E-state index in [1.54, 1.807) is 19.4 Å². The standard InChI is InChI=1S/C15H13N5O2S/c1-22-14-5-3-11(18-19-14)9-2-4-12-10(6-9)8-17-20(12)15(23)7-13(16)21/h2-8,23H,1H3,(H2,16,21)/b15-7-. The number of ether oxygens (including phenoxy) is 1. The zero-order valence-corrected chi connectivity index (χ0v) is 13.1. The zero-order valence-electron chi connectivity index (χ0n) is 12.2. The molecule has 23 heavy (non-hydrogen) atoms. The van der Waals surface area contributed by atoms with Gasteiger partial charge < -0.3 is 10.5 Å². The number of carbonyl (C=O) groups excluding carboxylic acids is 1. The van der Waals surface area contributed by atoms with Crippen LogP contribution in [0.3, 0.4) is 0 Å². The molecule has 2 heterocycles. The number of fused-ring (bicyclic) bond motifs is 1. The molecule has 0 fully saturated rings. The lowest BCUT2D eigenvalue weighted by Gasteiger charge is -2.04. The molecule has 0 saturated heterocycles. The molecule has 0 atom stereocenters. The van der Waals surface area contributed by atoms with Crippen LogP contribution in [0.2, 0.25) is 0 Å². The topological polar surface area (TPSA) is 95.9 Å². The minimum absolute atomic E-state index is 0.351. The second kappa shape index (κ2) is 6.09. The van der Waals surface area contributed by atoms with Crippen molar-refractivity contribution >= 4 is 34.5 Å². The molecule has 0 bridgehead atoms. The van der Waals surface area contributed by atoms with Crippen molar-refractivity contribution in [3.05, 3.63) is 42.6 Å². The van der Waals surface area contributed by atoms with Crippen molar-refractivity contribution in [1.82, 2.24) is 20.0 Å². The van der Waals surface area contributed by atoms with Crippen molar-refractivity contribution in [2.45, 2.75) is 0 Å². The van der Waals surface area contributed by atoms with Crippen LogP contribution in [0.1, 0.15) is 0 Å². The van der Waals surface area contributed by atoms with Gasteiger partial charge in [0, 0.05) is 23.1 Å². The molecule has 116 valence electrons. The van der Waals surface area contributed by atoms with Gasteiger partial charge in [0.05, 0.1) is 24.5 Å².